The maximum atomic E-state index is 8.90. The van der Waals surface area contributed by atoms with E-state index in [-0.39, 0.29) is 6.61 Å². The van der Waals surface area contributed by atoms with Gasteiger partial charge in [0.05, 0.1) is 18.3 Å². The summed E-state index contributed by atoms with van der Waals surface area (Å²) in [6.45, 7) is 1.70. The third-order valence-corrected chi connectivity index (χ3v) is 1.95. The molecule has 1 unspecified atom stereocenters. The summed E-state index contributed by atoms with van der Waals surface area (Å²) in [6.07, 6.45) is 0. The van der Waals surface area contributed by atoms with Crippen molar-refractivity contribution in [3.63, 3.8) is 0 Å². The minimum Gasteiger partial charge on any atom is -0.394 e. The van der Waals surface area contributed by atoms with Crippen molar-refractivity contribution in [3.8, 4) is 0 Å². The first-order valence-electron chi connectivity index (χ1n) is 4.28. The Bertz CT molecular complexity index is 452. The first-order valence-corrected chi connectivity index (χ1v) is 4.28. The summed E-state index contributed by atoms with van der Waals surface area (Å²) in [5.41, 5.74) is 7.13. The molecule has 2 aromatic heterocycles. The largest absolute Gasteiger partial charge is 0.394 e. The average Bonchev–Trinajstić information content (AvgIpc) is 2.59. The van der Waals surface area contributed by atoms with Crippen LogP contribution in [-0.2, 0) is 0 Å². The molecule has 0 saturated heterocycles. The minimum atomic E-state index is -0.542. The standard InChI is InChI=1S/C8H11N5O/c1-5-2-3-7-10-11-8(6(9)4-14)13(7)12-5/h2-3,6,14H,4,9H2,1H3. The first kappa shape index (κ1) is 9.04. The molecule has 2 aromatic rings. The molecule has 6 nitrogen and oxygen atoms in total. The lowest BCUT2D eigenvalue weighted by atomic mass is 10.3. The number of aliphatic hydroxyl groups excluding tert-OH is 1. The summed E-state index contributed by atoms with van der Waals surface area (Å²) in [7, 11) is 0. The van der Waals surface area contributed by atoms with Gasteiger partial charge in [-0.1, -0.05) is 0 Å². The predicted octanol–water partition coefficient (Wildman–Crippen LogP) is -0.575. The van der Waals surface area contributed by atoms with E-state index in [0.29, 0.717) is 11.5 Å². The third-order valence-electron chi connectivity index (χ3n) is 1.95. The zero-order valence-electron chi connectivity index (χ0n) is 7.75. The van der Waals surface area contributed by atoms with Crippen LogP contribution < -0.4 is 5.73 Å². The van der Waals surface area contributed by atoms with Gasteiger partial charge in [0.1, 0.15) is 0 Å². The summed E-state index contributed by atoms with van der Waals surface area (Å²) in [5.74, 6) is 0.478. The van der Waals surface area contributed by atoms with Crippen molar-refractivity contribution < 1.29 is 5.11 Å². The van der Waals surface area contributed by atoms with Gasteiger partial charge in [-0.15, -0.1) is 10.2 Å². The molecule has 74 valence electrons. The highest BCUT2D eigenvalue weighted by molar-refractivity contribution is 5.36. The number of aliphatic hydroxyl groups is 1. The van der Waals surface area contributed by atoms with Crippen LogP contribution in [0, 0.1) is 6.92 Å². The number of hydrogen-bond donors (Lipinski definition) is 2. The Hall–Kier alpha value is -1.53. The van der Waals surface area contributed by atoms with Crippen LogP contribution in [0.5, 0.6) is 0 Å². The van der Waals surface area contributed by atoms with Gasteiger partial charge in [-0.05, 0) is 19.1 Å². The summed E-state index contributed by atoms with van der Waals surface area (Å²) >= 11 is 0. The second-order valence-corrected chi connectivity index (χ2v) is 3.09. The smallest absolute Gasteiger partial charge is 0.177 e. The molecule has 0 saturated carbocycles. The van der Waals surface area contributed by atoms with Crippen molar-refractivity contribution in [1.29, 1.82) is 0 Å². The van der Waals surface area contributed by atoms with E-state index < -0.39 is 6.04 Å². The van der Waals surface area contributed by atoms with Crippen molar-refractivity contribution >= 4 is 5.65 Å². The van der Waals surface area contributed by atoms with Crippen molar-refractivity contribution in [2.24, 2.45) is 5.73 Å². The molecule has 0 spiro atoms. The zero-order chi connectivity index (χ0) is 10.1. The van der Waals surface area contributed by atoms with E-state index in [0.717, 1.165) is 5.69 Å². The quantitative estimate of drug-likeness (QED) is 0.666. The summed E-state index contributed by atoms with van der Waals surface area (Å²) < 4.78 is 1.55. The van der Waals surface area contributed by atoms with Crippen LogP contribution in [0.4, 0.5) is 0 Å². The molecule has 0 bridgehead atoms. The van der Waals surface area contributed by atoms with Crippen LogP contribution in [0.25, 0.3) is 5.65 Å². The fourth-order valence-corrected chi connectivity index (χ4v) is 1.21. The molecule has 2 rings (SSSR count). The Morgan fingerprint density at radius 1 is 1.50 bits per heavy atom. The maximum absolute atomic E-state index is 8.90. The summed E-state index contributed by atoms with van der Waals surface area (Å²) in [4.78, 5) is 0. The van der Waals surface area contributed by atoms with E-state index in [4.69, 9.17) is 10.8 Å². The van der Waals surface area contributed by atoms with Crippen LogP contribution in [-0.4, -0.2) is 31.5 Å². The van der Waals surface area contributed by atoms with E-state index in [1.807, 2.05) is 19.1 Å². The number of fused-ring (bicyclic) bond motifs is 1. The highest BCUT2D eigenvalue weighted by atomic mass is 16.3. The predicted molar refractivity (Wildman–Crippen MR) is 49.5 cm³/mol. The Balaban J connectivity index is 2.61. The van der Waals surface area contributed by atoms with E-state index in [1.54, 1.807) is 4.52 Å². The fourth-order valence-electron chi connectivity index (χ4n) is 1.21. The van der Waals surface area contributed by atoms with Crippen molar-refractivity contribution in [2.75, 3.05) is 6.61 Å². The molecule has 0 aromatic carbocycles. The molecule has 0 fully saturated rings. The molecule has 0 radical (unpaired) electrons. The molecule has 0 aliphatic carbocycles. The number of nitrogens with zero attached hydrogens (tertiary/aromatic N) is 4. The molecule has 2 heterocycles. The highest BCUT2D eigenvalue weighted by Crippen LogP contribution is 2.08. The third kappa shape index (κ3) is 1.34. The number of rotatable bonds is 2. The molecule has 6 heteroatoms. The minimum absolute atomic E-state index is 0.170. The van der Waals surface area contributed by atoms with Crippen LogP contribution in [0.2, 0.25) is 0 Å². The van der Waals surface area contributed by atoms with Crippen molar-refractivity contribution in [1.82, 2.24) is 19.8 Å². The van der Waals surface area contributed by atoms with Crippen LogP contribution in [0.15, 0.2) is 12.1 Å². The monoisotopic (exact) mass is 193 g/mol. The molecule has 3 N–H and O–H groups in total. The van der Waals surface area contributed by atoms with Gasteiger partial charge in [-0.2, -0.15) is 9.61 Å². The Labute approximate surface area is 80.4 Å². The van der Waals surface area contributed by atoms with E-state index >= 15 is 0 Å². The van der Waals surface area contributed by atoms with E-state index in [2.05, 4.69) is 15.3 Å². The van der Waals surface area contributed by atoms with Gasteiger partial charge < -0.3 is 10.8 Å². The van der Waals surface area contributed by atoms with Gasteiger partial charge >= 0.3 is 0 Å². The number of hydrogen-bond acceptors (Lipinski definition) is 5. The van der Waals surface area contributed by atoms with Crippen LogP contribution in [0.1, 0.15) is 17.6 Å². The van der Waals surface area contributed by atoms with E-state index in [9.17, 15) is 0 Å². The highest BCUT2D eigenvalue weighted by Gasteiger charge is 2.13. The fraction of sp³-hybridized carbons (Fsp3) is 0.375. The molecular formula is C8H11N5O. The molecule has 14 heavy (non-hydrogen) atoms. The van der Waals surface area contributed by atoms with Gasteiger partial charge in [-0.25, -0.2) is 0 Å². The molecular weight excluding hydrogens is 182 g/mol. The van der Waals surface area contributed by atoms with E-state index in [1.165, 1.54) is 0 Å². The van der Waals surface area contributed by atoms with Gasteiger partial charge in [0.25, 0.3) is 0 Å². The normalized spacial score (nSPS) is 13.4. The zero-order valence-corrected chi connectivity index (χ0v) is 7.75. The average molecular weight is 193 g/mol. The van der Waals surface area contributed by atoms with Gasteiger partial charge in [0, 0.05) is 0 Å². The summed E-state index contributed by atoms with van der Waals surface area (Å²) in [6, 6.07) is 3.11. The lowest BCUT2D eigenvalue weighted by Gasteiger charge is -2.04. The molecule has 0 amide bonds. The Morgan fingerprint density at radius 3 is 3.00 bits per heavy atom. The summed E-state index contributed by atoms with van der Waals surface area (Å²) in [5, 5.41) is 20.9. The van der Waals surface area contributed by atoms with Gasteiger partial charge in [0.15, 0.2) is 11.5 Å². The number of aryl methyl sites for hydroxylation is 1. The maximum Gasteiger partial charge on any atom is 0.177 e. The van der Waals surface area contributed by atoms with Crippen LogP contribution >= 0.6 is 0 Å². The number of aromatic nitrogens is 4. The Kier molecular flexibility index (Phi) is 2.14. The molecule has 1 atom stereocenters. The second kappa shape index (κ2) is 3.32. The molecule has 0 aliphatic heterocycles. The number of nitrogens with two attached hydrogens (primary N) is 1. The lowest BCUT2D eigenvalue weighted by molar-refractivity contribution is 0.262. The second-order valence-electron chi connectivity index (χ2n) is 3.09. The first-order chi connectivity index (χ1) is 6.72. The Morgan fingerprint density at radius 2 is 2.29 bits per heavy atom. The van der Waals surface area contributed by atoms with Gasteiger partial charge in [0.2, 0.25) is 0 Å². The van der Waals surface area contributed by atoms with Crippen molar-refractivity contribution in [2.45, 2.75) is 13.0 Å². The van der Waals surface area contributed by atoms with Gasteiger partial charge in [-0.3, -0.25) is 0 Å². The molecule has 0 aliphatic rings. The van der Waals surface area contributed by atoms with Crippen LogP contribution in [0.3, 0.4) is 0 Å². The topological polar surface area (TPSA) is 89.3 Å². The van der Waals surface area contributed by atoms with Crippen molar-refractivity contribution in [3.05, 3.63) is 23.7 Å². The lowest BCUT2D eigenvalue weighted by Crippen LogP contribution is -2.18. The SMILES string of the molecule is Cc1ccc2nnc(C(N)CO)n2n1.